The van der Waals surface area contributed by atoms with Crippen molar-refractivity contribution in [3.63, 3.8) is 0 Å². The zero-order valence-electron chi connectivity index (χ0n) is 10.5. The molecule has 0 radical (unpaired) electrons. The highest BCUT2D eigenvalue weighted by Crippen LogP contribution is 2.26. The van der Waals surface area contributed by atoms with Crippen LogP contribution < -0.4 is 5.32 Å². The van der Waals surface area contributed by atoms with Gasteiger partial charge in [0.15, 0.2) is 0 Å². The van der Waals surface area contributed by atoms with Crippen molar-refractivity contribution in [2.45, 2.75) is 20.1 Å². The number of hydrogen-bond acceptors (Lipinski definition) is 3. The van der Waals surface area contributed by atoms with Crippen molar-refractivity contribution in [3.05, 3.63) is 45.7 Å². The van der Waals surface area contributed by atoms with E-state index in [1.165, 1.54) is 5.56 Å². The summed E-state index contributed by atoms with van der Waals surface area (Å²) < 4.78 is 6.28. The molecule has 1 aromatic carbocycles. The van der Waals surface area contributed by atoms with Gasteiger partial charge >= 0.3 is 0 Å². The molecule has 1 aromatic heterocycles. The second-order valence-electron chi connectivity index (χ2n) is 4.07. The van der Waals surface area contributed by atoms with Crippen molar-refractivity contribution >= 4 is 21.6 Å². The lowest BCUT2D eigenvalue weighted by Crippen LogP contribution is -2.04. The van der Waals surface area contributed by atoms with Gasteiger partial charge in [0.1, 0.15) is 0 Å². The maximum Gasteiger partial charge on any atom is 0.0744 e. The molecule has 2 N–H and O–H groups in total. The van der Waals surface area contributed by atoms with Gasteiger partial charge in [0, 0.05) is 40.6 Å². The third kappa shape index (κ3) is 2.91. The van der Waals surface area contributed by atoms with Gasteiger partial charge in [-0.05, 0) is 19.1 Å². The standard InChI is InChI=1S/C13H16BrN3O/c1-9-10(7-16-17-9)6-15-13-5-3-4-12(14)11(13)8-18-2/h3-5,7,15H,6,8H2,1-2H3,(H,16,17). The summed E-state index contributed by atoms with van der Waals surface area (Å²) in [5.74, 6) is 0. The molecular weight excluding hydrogens is 294 g/mol. The number of halogens is 1. The van der Waals surface area contributed by atoms with Crippen LogP contribution in [0.5, 0.6) is 0 Å². The third-order valence-corrected chi connectivity index (χ3v) is 3.55. The van der Waals surface area contributed by atoms with Crippen LogP contribution >= 0.6 is 15.9 Å². The fourth-order valence-electron chi connectivity index (χ4n) is 1.76. The van der Waals surface area contributed by atoms with Gasteiger partial charge in [-0.15, -0.1) is 0 Å². The number of nitrogens with zero attached hydrogens (tertiary/aromatic N) is 1. The van der Waals surface area contributed by atoms with Gasteiger partial charge in [0.05, 0.1) is 12.8 Å². The average Bonchev–Trinajstić information content (AvgIpc) is 2.76. The summed E-state index contributed by atoms with van der Waals surface area (Å²) in [6.45, 7) is 3.34. The summed E-state index contributed by atoms with van der Waals surface area (Å²) in [6.07, 6.45) is 1.84. The number of ether oxygens (including phenoxy) is 1. The molecule has 2 aromatic rings. The fraction of sp³-hybridized carbons (Fsp3) is 0.308. The van der Waals surface area contributed by atoms with Gasteiger partial charge in [0.25, 0.3) is 0 Å². The van der Waals surface area contributed by atoms with Crippen LogP contribution in [0.4, 0.5) is 5.69 Å². The van der Waals surface area contributed by atoms with Gasteiger partial charge < -0.3 is 10.1 Å². The van der Waals surface area contributed by atoms with Crippen molar-refractivity contribution in [1.29, 1.82) is 0 Å². The van der Waals surface area contributed by atoms with Crippen LogP contribution in [0.1, 0.15) is 16.8 Å². The minimum atomic E-state index is 0.578. The van der Waals surface area contributed by atoms with Gasteiger partial charge in [0.2, 0.25) is 0 Å². The maximum atomic E-state index is 5.22. The topological polar surface area (TPSA) is 49.9 Å². The molecule has 0 bridgehead atoms. The lowest BCUT2D eigenvalue weighted by Gasteiger charge is -2.13. The maximum absolute atomic E-state index is 5.22. The third-order valence-electron chi connectivity index (χ3n) is 2.81. The molecule has 2 rings (SSSR count). The Labute approximate surface area is 115 Å². The normalized spacial score (nSPS) is 10.6. The molecule has 18 heavy (non-hydrogen) atoms. The predicted octanol–water partition coefficient (Wildman–Crippen LogP) is 3.24. The zero-order chi connectivity index (χ0) is 13.0. The molecule has 5 heteroatoms. The number of aromatic amines is 1. The number of benzene rings is 1. The summed E-state index contributed by atoms with van der Waals surface area (Å²) in [7, 11) is 1.70. The summed E-state index contributed by atoms with van der Waals surface area (Å²) in [4.78, 5) is 0. The first-order valence-corrected chi connectivity index (χ1v) is 6.50. The Morgan fingerprint density at radius 3 is 2.94 bits per heavy atom. The minimum absolute atomic E-state index is 0.578. The van der Waals surface area contributed by atoms with E-state index in [1.807, 2.05) is 25.3 Å². The highest BCUT2D eigenvalue weighted by atomic mass is 79.9. The van der Waals surface area contributed by atoms with Gasteiger partial charge in [-0.1, -0.05) is 22.0 Å². The number of anilines is 1. The van der Waals surface area contributed by atoms with Crippen LogP contribution in [0.15, 0.2) is 28.9 Å². The van der Waals surface area contributed by atoms with E-state index in [0.717, 1.165) is 28.0 Å². The summed E-state index contributed by atoms with van der Waals surface area (Å²) in [5, 5.41) is 10.4. The smallest absolute Gasteiger partial charge is 0.0744 e. The molecule has 0 spiro atoms. The molecule has 4 nitrogen and oxygen atoms in total. The predicted molar refractivity (Wildman–Crippen MR) is 75.5 cm³/mol. The number of nitrogens with one attached hydrogen (secondary N) is 2. The summed E-state index contributed by atoms with van der Waals surface area (Å²) in [6, 6.07) is 6.07. The molecule has 0 atom stereocenters. The number of H-pyrrole nitrogens is 1. The SMILES string of the molecule is COCc1c(Br)cccc1NCc1cn[nH]c1C. The first-order chi connectivity index (χ1) is 8.72. The highest BCUT2D eigenvalue weighted by molar-refractivity contribution is 9.10. The molecule has 0 aliphatic carbocycles. The van der Waals surface area contributed by atoms with E-state index in [2.05, 4.69) is 37.5 Å². The van der Waals surface area contributed by atoms with Crippen molar-refractivity contribution in [2.75, 3.05) is 12.4 Å². The van der Waals surface area contributed by atoms with Gasteiger partial charge in [-0.25, -0.2) is 0 Å². The zero-order valence-corrected chi connectivity index (χ0v) is 12.0. The van der Waals surface area contributed by atoms with Crippen LogP contribution in [0.3, 0.4) is 0 Å². The second kappa shape index (κ2) is 6.02. The summed E-state index contributed by atoms with van der Waals surface area (Å²) >= 11 is 3.54. The average molecular weight is 310 g/mol. The number of methoxy groups -OCH3 is 1. The molecule has 0 saturated heterocycles. The molecule has 0 amide bonds. The van der Waals surface area contributed by atoms with Crippen LogP contribution in [0.2, 0.25) is 0 Å². The van der Waals surface area contributed by atoms with Crippen LogP contribution in [-0.2, 0) is 17.9 Å². The van der Waals surface area contributed by atoms with E-state index in [0.29, 0.717) is 6.61 Å². The lowest BCUT2D eigenvalue weighted by atomic mass is 10.1. The van der Waals surface area contributed by atoms with Gasteiger partial charge in [-0.3, -0.25) is 5.10 Å². The van der Waals surface area contributed by atoms with E-state index in [-0.39, 0.29) is 0 Å². The van der Waals surface area contributed by atoms with Crippen molar-refractivity contribution < 1.29 is 4.74 Å². The Bertz CT molecular complexity index is 525. The van der Waals surface area contributed by atoms with E-state index in [1.54, 1.807) is 7.11 Å². The van der Waals surface area contributed by atoms with E-state index in [9.17, 15) is 0 Å². The molecule has 0 saturated carbocycles. The van der Waals surface area contributed by atoms with Crippen LogP contribution in [0, 0.1) is 6.92 Å². The van der Waals surface area contributed by atoms with Gasteiger partial charge in [-0.2, -0.15) is 5.10 Å². The Hall–Kier alpha value is -1.33. The van der Waals surface area contributed by atoms with Crippen molar-refractivity contribution in [1.82, 2.24) is 10.2 Å². The number of rotatable bonds is 5. The van der Waals surface area contributed by atoms with Crippen LogP contribution in [-0.4, -0.2) is 17.3 Å². The molecule has 96 valence electrons. The molecule has 1 heterocycles. The van der Waals surface area contributed by atoms with Crippen LogP contribution in [0.25, 0.3) is 0 Å². The Kier molecular flexibility index (Phi) is 4.38. The Morgan fingerprint density at radius 1 is 1.44 bits per heavy atom. The number of aromatic nitrogens is 2. The van der Waals surface area contributed by atoms with E-state index < -0.39 is 0 Å². The monoisotopic (exact) mass is 309 g/mol. The largest absolute Gasteiger partial charge is 0.381 e. The summed E-state index contributed by atoms with van der Waals surface area (Å²) in [5.41, 5.74) is 4.46. The number of hydrogen-bond donors (Lipinski definition) is 2. The van der Waals surface area contributed by atoms with E-state index in [4.69, 9.17) is 4.74 Å². The highest BCUT2D eigenvalue weighted by Gasteiger charge is 2.07. The molecule has 0 aliphatic rings. The quantitative estimate of drug-likeness (QED) is 0.891. The first kappa shape index (κ1) is 13.1. The molecule has 0 aliphatic heterocycles. The molecular formula is C13H16BrN3O. The minimum Gasteiger partial charge on any atom is -0.381 e. The second-order valence-corrected chi connectivity index (χ2v) is 4.93. The van der Waals surface area contributed by atoms with Crippen molar-refractivity contribution in [3.8, 4) is 0 Å². The fourth-order valence-corrected chi connectivity index (χ4v) is 2.24. The van der Waals surface area contributed by atoms with E-state index >= 15 is 0 Å². The molecule has 0 fully saturated rings. The lowest BCUT2D eigenvalue weighted by molar-refractivity contribution is 0.185. The van der Waals surface area contributed by atoms with Crippen molar-refractivity contribution in [2.24, 2.45) is 0 Å². The Morgan fingerprint density at radius 2 is 2.28 bits per heavy atom. The molecule has 0 unspecified atom stereocenters. The Balaban J connectivity index is 2.14. The first-order valence-electron chi connectivity index (χ1n) is 5.71. The number of aryl methyl sites for hydroxylation is 1.